The molecule has 0 saturated heterocycles. The summed E-state index contributed by atoms with van der Waals surface area (Å²) in [5, 5.41) is 0. The van der Waals surface area contributed by atoms with Gasteiger partial charge in [0.2, 0.25) is 0 Å². The van der Waals surface area contributed by atoms with Crippen molar-refractivity contribution in [2.75, 3.05) is 0 Å². The molecule has 4 bridgehead atoms. The summed E-state index contributed by atoms with van der Waals surface area (Å²) in [6, 6.07) is 0. The number of rotatable bonds is 0. The third-order valence-corrected chi connectivity index (χ3v) is 3.51. The maximum atomic E-state index is 9.67. The summed E-state index contributed by atoms with van der Waals surface area (Å²) in [4.78, 5) is 0. The topological polar surface area (TPSA) is 0 Å². The SMILES string of the molecule is C1=CC2C=CC1C2.C1=CC2C=CC1C2.FB(F)F.[F-].[Rh]. The quantitative estimate of drug-likeness (QED) is 0.342. The van der Waals surface area contributed by atoms with Gasteiger partial charge in [0.05, 0.1) is 0 Å². The van der Waals surface area contributed by atoms with Crippen LogP contribution in [0.15, 0.2) is 48.6 Å². The van der Waals surface area contributed by atoms with Gasteiger partial charge in [0, 0.05) is 19.5 Å². The van der Waals surface area contributed by atoms with Gasteiger partial charge in [0.15, 0.2) is 0 Å². The molecule has 113 valence electrons. The Labute approximate surface area is 130 Å². The summed E-state index contributed by atoms with van der Waals surface area (Å²) >= 11 is 0. The molecular weight excluding hydrogens is 358 g/mol. The van der Waals surface area contributed by atoms with E-state index in [-0.39, 0.29) is 24.2 Å². The van der Waals surface area contributed by atoms with Crippen LogP contribution in [0.3, 0.4) is 0 Å². The molecule has 0 spiro atoms. The monoisotopic (exact) mass is 374 g/mol. The molecule has 0 fully saturated rings. The van der Waals surface area contributed by atoms with E-state index in [1.807, 2.05) is 0 Å². The Kier molecular flexibility index (Phi) is 9.04. The van der Waals surface area contributed by atoms with E-state index in [0.717, 1.165) is 23.7 Å². The predicted molar refractivity (Wildman–Crippen MR) is 68.8 cm³/mol. The van der Waals surface area contributed by atoms with Crippen LogP contribution in [0.5, 0.6) is 0 Å². The third-order valence-electron chi connectivity index (χ3n) is 3.51. The number of allylic oxidation sites excluding steroid dienone is 8. The summed E-state index contributed by atoms with van der Waals surface area (Å²) in [5.74, 6) is 3.24. The van der Waals surface area contributed by atoms with Crippen LogP contribution in [0.1, 0.15) is 12.8 Å². The fourth-order valence-electron chi connectivity index (χ4n) is 2.66. The van der Waals surface area contributed by atoms with Crippen LogP contribution in [-0.4, -0.2) is 7.54 Å². The first-order chi connectivity index (χ1) is 8.63. The van der Waals surface area contributed by atoms with Crippen molar-refractivity contribution in [3.05, 3.63) is 48.6 Å². The molecule has 4 rings (SSSR count). The molecule has 0 aromatic heterocycles. The van der Waals surface area contributed by atoms with Gasteiger partial charge in [0.25, 0.3) is 0 Å². The molecule has 0 heterocycles. The van der Waals surface area contributed by atoms with Gasteiger partial charge in [0.1, 0.15) is 0 Å². The van der Waals surface area contributed by atoms with Crippen molar-refractivity contribution in [2.45, 2.75) is 12.8 Å². The van der Waals surface area contributed by atoms with E-state index in [4.69, 9.17) is 0 Å². The molecule has 4 aliphatic rings. The minimum absolute atomic E-state index is 0. The van der Waals surface area contributed by atoms with Gasteiger partial charge in [-0.15, -0.1) is 0 Å². The van der Waals surface area contributed by atoms with E-state index in [2.05, 4.69) is 48.6 Å². The Balaban J connectivity index is 0.000000269. The molecule has 20 heavy (non-hydrogen) atoms. The van der Waals surface area contributed by atoms with Crippen molar-refractivity contribution >= 4 is 7.54 Å². The van der Waals surface area contributed by atoms with E-state index < -0.39 is 7.54 Å². The zero-order valence-corrected chi connectivity index (χ0v) is 12.4. The molecule has 0 N–H and O–H groups in total. The summed E-state index contributed by atoms with van der Waals surface area (Å²) < 4.78 is 29.0. The van der Waals surface area contributed by atoms with Crippen LogP contribution in [0.2, 0.25) is 0 Å². The summed E-state index contributed by atoms with van der Waals surface area (Å²) in [6.45, 7) is 0. The average Bonchev–Trinajstić information content (AvgIpc) is 3.12. The van der Waals surface area contributed by atoms with Gasteiger partial charge in [-0.1, -0.05) is 48.6 Å². The molecule has 0 unspecified atom stereocenters. The van der Waals surface area contributed by atoms with Crippen LogP contribution >= 0.6 is 0 Å². The fraction of sp³-hybridized carbons (Fsp3) is 0.429. The van der Waals surface area contributed by atoms with Crippen LogP contribution in [-0.2, 0) is 19.5 Å². The maximum Gasteiger partial charge on any atom is 0.762 e. The van der Waals surface area contributed by atoms with Crippen molar-refractivity contribution in [1.29, 1.82) is 0 Å². The summed E-state index contributed by atoms with van der Waals surface area (Å²) in [7, 11) is -3.67. The van der Waals surface area contributed by atoms with Crippen LogP contribution in [0.25, 0.3) is 0 Å². The van der Waals surface area contributed by atoms with E-state index in [1.165, 1.54) is 12.8 Å². The zero-order chi connectivity index (χ0) is 13.0. The molecule has 0 aromatic carbocycles. The molecular formula is C14H16BF4Rh-. The van der Waals surface area contributed by atoms with Crippen LogP contribution in [0, 0.1) is 23.7 Å². The normalized spacial score (nSPS) is 31.8. The molecule has 4 aliphatic carbocycles. The number of halogens is 4. The summed E-state index contributed by atoms with van der Waals surface area (Å²) in [5.41, 5.74) is 0. The Morgan fingerprint density at radius 2 is 0.750 bits per heavy atom. The first kappa shape index (κ1) is 19.4. The maximum absolute atomic E-state index is 9.67. The minimum Gasteiger partial charge on any atom is -1.00 e. The van der Waals surface area contributed by atoms with E-state index >= 15 is 0 Å². The van der Waals surface area contributed by atoms with Crippen LogP contribution < -0.4 is 4.70 Å². The van der Waals surface area contributed by atoms with Gasteiger partial charge < -0.3 is 4.70 Å². The molecule has 0 nitrogen and oxygen atoms in total. The average molecular weight is 374 g/mol. The second-order valence-electron chi connectivity index (χ2n) is 4.91. The Hall–Kier alpha value is -0.632. The Bertz CT molecular complexity index is 300. The van der Waals surface area contributed by atoms with Crippen LogP contribution in [0.4, 0.5) is 12.9 Å². The van der Waals surface area contributed by atoms with Gasteiger partial charge in [-0.3, -0.25) is 12.9 Å². The van der Waals surface area contributed by atoms with E-state index in [0.29, 0.717) is 0 Å². The molecule has 0 atom stereocenters. The second kappa shape index (κ2) is 9.33. The molecule has 1 radical (unpaired) electrons. The van der Waals surface area contributed by atoms with E-state index in [9.17, 15) is 12.9 Å². The first-order valence-corrected chi connectivity index (χ1v) is 6.29. The largest absolute Gasteiger partial charge is 1.00 e. The second-order valence-corrected chi connectivity index (χ2v) is 4.91. The minimum atomic E-state index is -3.67. The van der Waals surface area contributed by atoms with Gasteiger partial charge in [-0.05, 0) is 36.5 Å². The number of hydrogen-bond donors (Lipinski definition) is 0. The van der Waals surface area contributed by atoms with Crippen molar-refractivity contribution in [3.8, 4) is 0 Å². The smallest absolute Gasteiger partial charge is 0.762 e. The summed E-state index contributed by atoms with van der Waals surface area (Å²) in [6.07, 6.45) is 21.1. The van der Waals surface area contributed by atoms with Crippen molar-refractivity contribution in [1.82, 2.24) is 0 Å². The first-order valence-electron chi connectivity index (χ1n) is 6.29. The molecule has 0 aromatic rings. The van der Waals surface area contributed by atoms with Crippen molar-refractivity contribution in [3.63, 3.8) is 0 Å². The Morgan fingerprint density at radius 1 is 0.600 bits per heavy atom. The zero-order valence-electron chi connectivity index (χ0n) is 10.8. The van der Waals surface area contributed by atoms with Crippen molar-refractivity contribution < 1.29 is 37.1 Å². The number of fused-ring (bicyclic) bond motifs is 4. The van der Waals surface area contributed by atoms with E-state index in [1.54, 1.807) is 0 Å². The van der Waals surface area contributed by atoms with Gasteiger partial charge >= 0.3 is 7.54 Å². The standard InChI is InChI=1S/2C7H8.BF3.FH.Rh/c2*1-2-7-4-3-6(1)5-7;2-1(3)4;;/h2*1-4,6-7H,5H2;;1H;/p-1. The Morgan fingerprint density at radius 3 is 0.800 bits per heavy atom. The third kappa shape index (κ3) is 6.21. The van der Waals surface area contributed by atoms with Gasteiger partial charge in [-0.25, -0.2) is 0 Å². The fourth-order valence-corrected chi connectivity index (χ4v) is 2.66. The number of hydrogen-bond acceptors (Lipinski definition) is 0. The molecule has 0 saturated carbocycles. The predicted octanol–water partition coefficient (Wildman–Crippen LogP) is 1.38. The molecule has 0 amide bonds. The molecule has 0 aliphatic heterocycles. The van der Waals surface area contributed by atoms with Crippen molar-refractivity contribution in [2.24, 2.45) is 23.7 Å². The molecule has 6 heteroatoms. The van der Waals surface area contributed by atoms with Gasteiger partial charge in [-0.2, -0.15) is 0 Å².